The largest absolute Gasteiger partial charge is 0.366 e. The van der Waals surface area contributed by atoms with Crippen LogP contribution in [-0.2, 0) is 0 Å². The molecule has 2 rings (SSSR count). The van der Waals surface area contributed by atoms with E-state index in [0.717, 1.165) is 6.42 Å². The quantitative estimate of drug-likeness (QED) is 0.874. The monoisotopic (exact) mass is 246 g/mol. The SMILES string of the molecule is CCC(N)c1ccc(N2C(C)CCC2CC)cc1. The Morgan fingerprint density at radius 1 is 1.22 bits per heavy atom. The fourth-order valence-corrected chi connectivity index (χ4v) is 3.07. The van der Waals surface area contributed by atoms with Gasteiger partial charge in [-0.2, -0.15) is 0 Å². The molecule has 2 heteroatoms. The van der Waals surface area contributed by atoms with Gasteiger partial charge in [-0.1, -0.05) is 26.0 Å². The van der Waals surface area contributed by atoms with Crippen LogP contribution in [0, 0.1) is 0 Å². The Labute approximate surface area is 111 Å². The smallest absolute Gasteiger partial charge is 0.0371 e. The van der Waals surface area contributed by atoms with Gasteiger partial charge in [-0.15, -0.1) is 0 Å². The summed E-state index contributed by atoms with van der Waals surface area (Å²) in [6.07, 6.45) is 4.88. The fourth-order valence-electron chi connectivity index (χ4n) is 3.07. The molecule has 2 nitrogen and oxygen atoms in total. The zero-order chi connectivity index (χ0) is 13.1. The van der Waals surface area contributed by atoms with Gasteiger partial charge in [0.1, 0.15) is 0 Å². The Balaban J connectivity index is 2.18. The van der Waals surface area contributed by atoms with Gasteiger partial charge in [0.15, 0.2) is 0 Å². The molecule has 1 aromatic carbocycles. The van der Waals surface area contributed by atoms with Crippen molar-refractivity contribution in [3.63, 3.8) is 0 Å². The van der Waals surface area contributed by atoms with Crippen molar-refractivity contribution in [1.29, 1.82) is 0 Å². The van der Waals surface area contributed by atoms with E-state index < -0.39 is 0 Å². The van der Waals surface area contributed by atoms with Gasteiger partial charge in [-0.05, 0) is 50.3 Å². The van der Waals surface area contributed by atoms with Crippen LogP contribution in [0.3, 0.4) is 0 Å². The van der Waals surface area contributed by atoms with Crippen molar-refractivity contribution in [3.05, 3.63) is 29.8 Å². The molecular formula is C16H26N2. The summed E-state index contributed by atoms with van der Waals surface area (Å²) < 4.78 is 0. The molecule has 1 aromatic rings. The molecule has 3 atom stereocenters. The number of rotatable bonds is 4. The third-order valence-corrected chi connectivity index (χ3v) is 4.32. The molecule has 0 spiro atoms. The van der Waals surface area contributed by atoms with Crippen molar-refractivity contribution in [1.82, 2.24) is 0 Å². The van der Waals surface area contributed by atoms with Crippen molar-refractivity contribution in [2.24, 2.45) is 5.73 Å². The second kappa shape index (κ2) is 5.75. The first kappa shape index (κ1) is 13.4. The number of nitrogens with two attached hydrogens (primary N) is 1. The first-order valence-corrected chi connectivity index (χ1v) is 7.31. The number of hydrogen-bond acceptors (Lipinski definition) is 2. The molecule has 1 fully saturated rings. The van der Waals surface area contributed by atoms with Crippen molar-refractivity contribution in [2.75, 3.05) is 4.90 Å². The van der Waals surface area contributed by atoms with E-state index in [1.807, 2.05) is 0 Å². The molecule has 0 saturated carbocycles. The van der Waals surface area contributed by atoms with E-state index in [9.17, 15) is 0 Å². The van der Waals surface area contributed by atoms with E-state index >= 15 is 0 Å². The molecule has 1 aliphatic rings. The van der Waals surface area contributed by atoms with Crippen LogP contribution < -0.4 is 10.6 Å². The summed E-state index contributed by atoms with van der Waals surface area (Å²) in [7, 11) is 0. The lowest BCUT2D eigenvalue weighted by molar-refractivity contribution is 0.627. The predicted molar refractivity (Wildman–Crippen MR) is 78.9 cm³/mol. The first-order chi connectivity index (χ1) is 8.67. The molecule has 100 valence electrons. The Kier molecular flexibility index (Phi) is 4.28. The molecule has 1 aliphatic heterocycles. The maximum Gasteiger partial charge on any atom is 0.0371 e. The van der Waals surface area contributed by atoms with E-state index in [-0.39, 0.29) is 6.04 Å². The molecule has 0 amide bonds. The van der Waals surface area contributed by atoms with Gasteiger partial charge < -0.3 is 10.6 Å². The fraction of sp³-hybridized carbons (Fsp3) is 0.625. The molecule has 0 bridgehead atoms. The molecule has 3 unspecified atom stereocenters. The zero-order valence-electron chi connectivity index (χ0n) is 11.9. The van der Waals surface area contributed by atoms with Crippen LogP contribution in [0.2, 0.25) is 0 Å². The summed E-state index contributed by atoms with van der Waals surface area (Å²) in [6.45, 7) is 6.76. The lowest BCUT2D eigenvalue weighted by Crippen LogP contribution is -2.34. The van der Waals surface area contributed by atoms with E-state index in [1.54, 1.807) is 0 Å². The minimum Gasteiger partial charge on any atom is -0.366 e. The highest BCUT2D eigenvalue weighted by molar-refractivity contribution is 5.51. The second-order valence-corrected chi connectivity index (χ2v) is 5.50. The predicted octanol–water partition coefficient (Wildman–Crippen LogP) is 3.86. The van der Waals surface area contributed by atoms with Crippen LogP contribution in [0.4, 0.5) is 5.69 Å². The van der Waals surface area contributed by atoms with Crippen molar-refractivity contribution < 1.29 is 0 Å². The highest BCUT2D eigenvalue weighted by Crippen LogP contribution is 2.32. The van der Waals surface area contributed by atoms with E-state index in [2.05, 4.69) is 49.9 Å². The van der Waals surface area contributed by atoms with E-state index in [4.69, 9.17) is 5.73 Å². The molecule has 1 heterocycles. The van der Waals surface area contributed by atoms with E-state index in [0.29, 0.717) is 12.1 Å². The second-order valence-electron chi connectivity index (χ2n) is 5.50. The van der Waals surface area contributed by atoms with Crippen LogP contribution in [-0.4, -0.2) is 12.1 Å². The topological polar surface area (TPSA) is 29.3 Å². The van der Waals surface area contributed by atoms with Gasteiger partial charge in [0.25, 0.3) is 0 Å². The average Bonchev–Trinajstić information content (AvgIpc) is 2.79. The Morgan fingerprint density at radius 3 is 2.44 bits per heavy atom. The molecule has 1 saturated heterocycles. The van der Waals surface area contributed by atoms with Crippen molar-refractivity contribution in [3.8, 4) is 0 Å². The van der Waals surface area contributed by atoms with Crippen LogP contribution in [0.25, 0.3) is 0 Å². The Hall–Kier alpha value is -1.02. The summed E-state index contributed by atoms with van der Waals surface area (Å²) in [6, 6.07) is 10.4. The summed E-state index contributed by atoms with van der Waals surface area (Å²) in [5.74, 6) is 0. The maximum atomic E-state index is 6.06. The molecule has 0 aliphatic carbocycles. The standard InChI is InChI=1S/C16H26N2/c1-4-14-9-6-12(3)18(14)15-10-7-13(8-11-15)16(17)5-2/h7-8,10-12,14,16H,4-6,9,17H2,1-3H3. The summed E-state index contributed by atoms with van der Waals surface area (Å²) in [5.41, 5.74) is 8.68. The number of nitrogens with zero attached hydrogens (tertiary/aromatic N) is 1. The van der Waals surface area contributed by atoms with Gasteiger partial charge in [0.05, 0.1) is 0 Å². The Morgan fingerprint density at radius 2 is 1.89 bits per heavy atom. The van der Waals surface area contributed by atoms with Crippen LogP contribution in [0.1, 0.15) is 58.1 Å². The summed E-state index contributed by atoms with van der Waals surface area (Å²) in [5, 5.41) is 0. The van der Waals surface area contributed by atoms with Gasteiger partial charge in [-0.3, -0.25) is 0 Å². The maximum absolute atomic E-state index is 6.06. The molecule has 2 N–H and O–H groups in total. The molecular weight excluding hydrogens is 220 g/mol. The first-order valence-electron chi connectivity index (χ1n) is 7.31. The lowest BCUT2D eigenvalue weighted by Gasteiger charge is -2.30. The van der Waals surface area contributed by atoms with Crippen LogP contribution in [0.15, 0.2) is 24.3 Å². The number of benzene rings is 1. The third-order valence-electron chi connectivity index (χ3n) is 4.32. The summed E-state index contributed by atoms with van der Waals surface area (Å²) >= 11 is 0. The number of hydrogen-bond donors (Lipinski definition) is 1. The third kappa shape index (κ3) is 2.54. The Bertz CT molecular complexity index is 371. The van der Waals surface area contributed by atoms with Gasteiger partial charge in [0, 0.05) is 23.8 Å². The lowest BCUT2D eigenvalue weighted by atomic mass is 10.0. The highest BCUT2D eigenvalue weighted by Gasteiger charge is 2.29. The highest BCUT2D eigenvalue weighted by atomic mass is 15.2. The summed E-state index contributed by atoms with van der Waals surface area (Å²) in [4.78, 5) is 2.58. The van der Waals surface area contributed by atoms with E-state index in [1.165, 1.54) is 30.5 Å². The normalized spacial score (nSPS) is 25.4. The average molecular weight is 246 g/mol. The van der Waals surface area contributed by atoms with Crippen LogP contribution >= 0.6 is 0 Å². The minimum absolute atomic E-state index is 0.178. The number of anilines is 1. The van der Waals surface area contributed by atoms with Gasteiger partial charge in [0.2, 0.25) is 0 Å². The minimum atomic E-state index is 0.178. The van der Waals surface area contributed by atoms with Gasteiger partial charge >= 0.3 is 0 Å². The van der Waals surface area contributed by atoms with Crippen LogP contribution in [0.5, 0.6) is 0 Å². The molecule has 0 radical (unpaired) electrons. The molecule has 0 aromatic heterocycles. The van der Waals surface area contributed by atoms with Crippen molar-refractivity contribution >= 4 is 5.69 Å². The molecule has 18 heavy (non-hydrogen) atoms. The van der Waals surface area contributed by atoms with Crippen molar-refractivity contribution in [2.45, 2.75) is 64.6 Å². The van der Waals surface area contributed by atoms with Gasteiger partial charge in [-0.25, -0.2) is 0 Å². The zero-order valence-corrected chi connectivity index (χ0v) is 11.9.